The van der Waals surface area contributed by atoms with E-state index in [0.717, 1.165) is 24.0 Å². The zero-order chi connectivity index (χ0) is 13.9. The predicted molar refractivity (Wildman–Crippen MR) is 75.2 cm³/mol. The Kier molecular flexibility index (Phi) is 4.60. The van der Waals surface area contributed by atoms with Crippen molar-refractivity contribution in [3.8, 4) is 0 Å². The number of sulfonamides is 1. The lowest BCUT2D eigenvalue weighted by Crippen LogP contribution is -2.41. The Morgan fingerprint density at radius 2 is 2.00 bits per heavy atom. The van der Waals surface area contributed by atoms with Crippen molar-refractivity contribution in [1.29, 1.82) is 0 Å². The number of hydrogen-bond donors (Lipinski definition) is 1. The van der Waals surface area contributed by atoms with Gasteiger partial charge in [0.25, 0.3) is 0 Å². The summed E-state index contributed by atoms with van der Waals surface area (Å²) >= 11 is 0. The number of aliphatic hydroxyl groups is 1. The molecular formula is C14H21NO3S. The lowest BCUT2D eigenvalue weighted by Gasteiger charge is -2.31. The largest absolute Gasteiger partial charge is 0.396 e. The molecule has 1 aromatic carbocycles. The molecule has 1 aromatic rings. The molecule has 0 saturated carbocycles. The topological polar surface area (TPSA) is 57.6 Å². The SMILES string of the molecule is Cc1ccc(CS(=O)(=O)N2CCCC(CO)C2)cc1. The van der Waals surface area contributed by atoms with E-state index in [1.54, 1.807) is 0 Å². The third-order valence-electron chi connectivity index (χ3n) is 3.60. The summed E-state index contributed by atoms with van der Waals surface area (Å²) in [5, 5.41) is 9.17. The maximum atomic E-state index is 12.3. The molecule has 0 spiro atoms. The number of hydrogen-bond acceptors (Lipinski definition) is 3. The summed E-state index contributed by atoms with van der Waals surface area (Å²) in [5.74, 6) is 0.132. The normalized spacial score (nSPS) is 21.5. The van der Waals surface area contributed by atoms with Crippen LogP contribution in [0.4, 0.5) is 0 Å². The first kappa shape index (κ1) is 14.5. The highest BCUT2D eigenvalue weighted by molar-refractivity contribution is 7.88. The summed E-state index contributed by atoms with van der Waals surface area (Å²) < 4.78 is 26.2. The van der Waals surface area contributed by atoms with Crippen LogP contribution in [0, 0.1) is 12.8 Å². The highest BCUT2D eigenvalue weighted by atomic mass is 32.2. The summed E-state index contributed by atoms with van der Waals surface area (Å²) in [4.78, 5) is 0. The quantitative estimate of drug-likeness (QED) is 0.911. The Bertz CT molecular complexity index is 510. The Morgan fingerprint density at radius 3 is 2.63 bits per heavy atom. The van der Waals surface area contributed by atoms with Crippen LogP contribution in [0.2, 0.25) is 0 Å². The third-order valence-corrected chi connectivity index (χ3v) is 5.42. The molecule has 0 aromatic heterocycles. The van der Waals surface area contributed by atoms with Gasteiger partial charge in [-0.05, 0) is 31.2 Å². The maximum absolute atomic E-state index is 12.3. The average molecular weight is 283 g/mol. The first-order valence-corrected chi connectivity index (χ1v) is 8.26. The van der Waals surface area contributed by atoms with Crippen molar-refractivity contribution in [2.45, 2.75) is 25.5 Å². The molecule has 1 saturated heterocycles. The van der Waals surface area contributed by atoms with Gasteiger partial charge in [0.15, 0.2) is 0 Å². The molecule has 4 nitrogen and oxygen atoms in total. The van der Waals surface area contributed by atoms with E-state index in [2.05, 4.69) is 0 Å². The van der Waals surface area contributed by atoms with Crippen LogP contribution in [0.15, 0.2) is 24.3 Å². The molecule has 1 atom stereocenters. The Hall–Kier alpha value is -0.910. The first-order valence-electron chi connectivity index (χ1n) is 6.65. The van der Waals surface area contributed by atoms with Crippen LogP contribution in [-0.4, -0.2) is 37.5 Å². The second kappa shape index (κ2) is 6.03. The molecule has 1 fully saturated rings. The minimum Gasteiger partial charge on any atom is -0.396 e. The summed E-state index contributed by atoms with van der Waals surface area (Å²) in [6.45, 7) is 3.07. The molecule has 0 radical (unpaired) electrons. The van der Waals surface area contributed by atoms with E-state index >= 15 is 0 Å². The smallest absolute Gasteiger partial charge is 0.218 e. The summed E-state index contributed by atoms with van der Waals surface area (Å²) in [7, 11) is -3.27. The van der Waals surface area contributed by atoms with Gasteiger partial charge >= 0.3 is 0 Å². The standard InChI is InChI=1S/C14H21NO3S/c1-12-4-6-13(7-5-12)11-19(17,18)15-8-2-3-14(9-15)10-16/h4-7,14,16H,2-3,8-11H2,1H3. The van der Waals surface area contributed by atoms with E-state index in [4.69, 9.17) is 0 Å². The van der Waals surface area contributed by atoms with Gasteiger partial charge in [-0.25, -0.2) is 12.7 Å². The van der Waals surface area contributed by atoms with E-state index in [-0.39, 0.29) is 18.3 Å². The minimum atomic E-state index is -3.27. The van der Waals surface area contributed by atoms with Crippen molar-refractivity contribution in [1.82, 2.24) is 4.31 Å². The minimum absolute atomic E-state index is 0.0471. The lowest BCUT2D eigenvalue weighted by atomic mass is 10.0. The molecule has 0 bridgehead atoms. The van der Waals surface area contributed by atoms with E-state index in [1.807, 2.05) is 31.2 Å². The number of nitrogens with zero attached hydrogens (tertiary/aromatic N) is 1. The summed E-state index contributed by atoms with van der Waals surface area (Å²) in [6.07, 6.45) is 1.74. The van der Waals surface area contributed by atoms with Crippen LogP contribution in [-0.2, 0) is 15.8 Å². The van der Waals surface area contributed by atoms with Gasteiger partial charge in [0.1, 0.15) is 0 Å². The van der Waals surface area contributed by atoms with Gasteiger partial charge in [-0.2, -0.15) is 0 Å². The molecular weight excluding hydrogens is 262 g/mol. The molecule has 106 valence electrons. The summed E-state index contributed by atoms with van der Waals surface area (Å²) in [6, 6.07) is 7.58. The van der Waals surface area contributed by atoms with Crippen LogP contribution < -0.4 is 0 Å². The zero-order valence-corrected chi connectivity index (χ0v) is 12.1. The van der Waals surface area contributed by atoms with Crippen LogP contribution in [0.1, 0.15) is 24.0 Å². The maximum Gasteiger partial charge on any atom is 0.218 e. The fourth-order valence-electron chi connectivity index (χ4n) is 2.41. The number of rotatable bonds is 4. The van der Waals surface area contributed by atoms with Crippen molar-refractivity contribution in [2.24, 2.45) is 5.92 Å². The Balaban J connectivity index is 2.07. The fourth-order valence-corrected chi connectivity index (χ4v) is 4.06. The van der Waals surface area contributed by atoms with Crippen LogP contribution in [0.25, 0.3) is 0 Å². The molecule has 1 unspecified atom stereocenters. The zero-order valence-electron chi connectivity index (χ0n) is 11.2. The summed E-state index contributed by atoms with van der Waals surface area (Å²) in [5.41, 5.74) is 1.94. The van der Waals surface area contributed by atoms with Crippen LogP contribution in [0.5, 0.6) is 0 Å². The van der Waals surface area contributed by atoms with Gasteiger partial charge in [-0.1, -0.05) is 29.8 Å². The van der Waals surface area contributed by atoms with Crippen LogP contribution >= 0.6 is 0 Å². The van der Waals surface area contributed by atoms with Crippen molar-refractivity contribution < 1.29 is 13.5 Å². The Labute approximate surface area is 115 Å². The molecule has 0 amide bonds. The molecule has 0 aliphatic carbocycles. The number of benzene rings is 1. The van der Waals surface area contributed by atoms with E-state index < -0.39 is 10.0 Å². The molecule has 1 aliphatic heterocycles. The average Bonchev–Trinajstić information content (AvgIpc) is 2.41. The lowest BCUT2D eigenvalue weighted by molar-refractivity contribution is 0.165. The van der Waals surface area contributed by atoms with Crippen molar-refractivity contribution in [3.63, 3.8) is 0 Å². The predicted octanol–water partition coefficient (Wildman–Crippen LogP) is 1.53. The highest BCUT2D eigenvalue weighted by Crippen LogP contribution is 2.21. The molecule has 2 rings (SSSR count). The second-order valence-electron chi connectivity index (χ2n) is 5.29. The Morgan fingerprint density at radius 1 is 1.32 bits per heavy atom. The molecule has 1 N–H and O–H groups in total. The van der Waals surface area contributed by atoms with Crippen molar-refractivity contribution in [3.05, 3.63) is 35.4 Å². The van der Waals surface area contributed by atoms with E-state index in [9.17, 15) is 13.5 Å². The van der Waals surface area contributed by atoms with Gasteiger partial charge in [-0.3, -0.25) is 0 Å². The van der Waals surface area contributed by atoms with Gasteiger partial charge in [0.2, 0.25) is 10.0 Å². The molecule has 5 heteroatoms. The second-order valence-corrected chi connectivity index (χ2v) is 7.26. The van der Waals surface area contributed by atoms with E-state index in [1.165, 1.54) is 4.31 Å². The van der Waals surface area contributed by atoms with Crippen LogP contribution in [0.3, 0.4) is 0 Å². The molecule has 1 heterocycles. The van der Waals surface area contributed by atoms with E-state index in [0.29, 0.717) is 13.1 Å². The third kappa shape index (κ3) is 3.78. The van der Waals surface area contributed by atoms with Crippen molar-refractivity contribution >= 4 is 10.0 Å². The number of aryl methyl sites for hydroxylation is 1. The van der Waals surface area contributed by atoms with Gasteiger partial charge in [0.05, 0.1) is 5.75 Å². The van der Waals surface area contributed by atoms with Gasteiger partial charge in [-0.15, -0.1) is 0 Å². The highest BCUT2D eigenvalue weighted by Gasteiger charge is 2.28. The number of piperidine rings is 1. The van der Waals surface area contributed by atoms with Gasteiger partial charge < -0.3 is 5.11 Å². The number of aliphatic hydroxyl groups excluding tert-OH is 1. The van der Waals surface area contributed by atoms with Gasteiger partial charge in [0, 0.05) is 19.7 Å². The molecule has 19 heavy (non-hydrogen) atoms. The first-order chi connectivity index (χ1) is 9.01. The van der Waals surface area contributed by atoms with Crippen molar-refractivity contribution in [2.75, 3.05) is 19.7 Å². The fraction of sp³-hybridized carbons (Fsp3) is 0.571. The molecule has 1 aliphatic rings. The monoisotopic (exact) mass is 283 g/mol.